The third-order valence-electron chi connectivity index (χ3n) is 1.64. The Hall–Kier alpha value is -0.660. The summed E-state index contributed by atoms with van der Waals surface area (Å²) in [5.41, 5.74) is 5.54. The van der Waals surface area contributed by atoms with Gasteiger partial charge in [0.15, 0.2) is 0 Å². The fourth-order valence-electron chi connectivity index (χ4n) is 0.931. The number of ether oxygens (including phenoxy) is 1. The van der Waals surface area contributed by atoms with Gasteiger partial charge < -0.3 is 10.5 Å². The third-order valence-corrected chi connectivity index (χ3v) is 2.79. The highest BCUT2D eigenvalue weighted by atomic mass is 32.2. The molecule has 1 aromatic rings. The molecule has 7 heteroatoms. The lowest BCUT2D eigenvalue weighted by Gasteiger charge is -2.12. The molecule has 1 aromatic heterocycles. The van der Waals surface area contributed by atoms with E-state index in [1.807, 2.05) is 6.92 Å². The standard InChI is InChI=1S/C7H15N5OS/c1-3-13-6(4-8)5-14-7-9-10-11-12(7)2/h6H,3-5,8H2,1-2H3. The summed E-state index contributed by atoms with van der Waals surface area (Å²) in [5, 5.41) is 11.9. The third kappa shape index (κ3) is 3.24. The lowest BCUT2D eigenvalue weighted by Crippen LogP contribution is -2.26. The average Bonchev–Trinajstić information content (AvgIpc) is 2.59. The molecule has 0 aliphatic rings. The van der Waals surface area contributed by atoms with Crippen LogP contribution in [-0.4, -0.2) is 45.2 Å². The Morgan fingerprint density at radius 2 is 2.43 bits per heavy atom. The van der Waals surface area contributed by atoms with Crippen LogP contribution >= 0.6 is 11.8 Å². The van der Waals surface area contributed by atoms with E-state index in [-0.39, 0.29) is 6.10 Å². The normalized spacial score (nSPS) is 13.1. The minimum Gasteiger partial charge on any atom is -0.376 e. The Morgan fingerprint density at radius 3 is 2.93 bits per heavy atom. The first-order chi connectivity index (χ1) is 6.77. The number of hydrogen-bond acceptors (Lipinski definition) is 6. The summed E-state index contributed by atoms with van der Waals surface area (Å²) in [6.07, 6.45) is 0.0710. The van der Waals surface area contributed by atoms with Gasteiger partial charge >= 0.3 is 0 Å². The highest BCUT2D eigenvalue weighted by molar-refractivity contribution is 7.99. The first-order valence-corrected chi connectivity index (χ1v) is 5.43. The zero-order valence-corrected chi connectivity index (χ0v) is 9.20. The summed E-state index contributed by atoms with van der Waals surface area (Å²) < 4.78 is 7.03. The van der Waals surface area contributed by atoms with E-state index in [1.54, 1.807) is 23.5 Å². The topological polar surface area (TPSA) is 78.8 Å². The second-order valence-electron chi connectivity index (χ2n) is 2.71. The number of nitrogens with two attached hydrogens (primary N) is 1. The van der Waals surface area contributed by atoms with Crippen molar-refractivity contribution in [2.24, 2.45) is 12.8 Å². The number of nitrogens with zero attached hydrogens (tertiary/aromatic N) is 4. The molecule has 1 rings (SSSR count). The minimum absolute atomic E-state index is 0.0710. The van der Waals surface area contributed by atoms with Gasteiger partial charge in [0.05, 0.1) is 6.10 Å². The summed E-state index contributed by atoms with van der Waals surface area (Å²) >= 11 is 1.55. The van der Waals surface area contributed by atoms with Crippen molar-refractivity contribution in [1.82, 2.24) is 20.2 Å². The van der Waals surface area contributed by atoms with Gasteiger partial charge in [0.2, 0.25) is 5.16 Å². The summed E-state index contributed by atoms with van der Waals surface area (Å²) in [5.74, 6) is 0.776. The van der Waals surface area contributed by atoms with Crippen LogP contribution in [-0.2, 0) is 11.8 Å². The molecule has 0 bridgehead atoms. The first-order valence-electron chi connectivity index (χ1n) is 4.44. The molecular formula is C7H15N5OS. The lowest BCUT2D eigenvalue weighted by molar-refractivity contribution is 0.0858. The number of hydrogen-bond donors (Lipinski definition) is 1. The molecule has 0 fully saturated rings. The van der Waals surface area contributed by atoms with Gasteiger partial charge in [0.1, 0.15) is 0 Å². The Kier molecular flexibility index (Phi) is 4.85. The van der Waals surface area contributed by atoms with Gasteiger partial charge in [0, 0.05) is 26.0 Å². The highest BCUT2D eigenvalue weighted by Gasteiger charge is 2.09. The van der Waals surface area contributed by atoms with Crippen molar-refractivity contribution in [2.45, 2.75) is 18.2 Å². The molecule has 14 heavy (non-hydrogen) atoms. The molecule has 1 heterocycles. The van der Waals surface area contributed by atoms with Crippen LogP contribution in [0, 0.1) is 0 Å². The minimum atomic E-state index is 0.0710. The summed E-state index contributed by atoms with van der Waals surface area (Å²) in [4.78, 5) is 0. The number of aromatic nitrogens is 4. The Balaban J connectivity index is 2.35. The number of rotatable bonds is 6. The van der Waals surface area contributed by atoms with Crippen LogP contribution in [0.1, 0.15) is 6.92 Å². The fourth-order valence-corrected chi connectivity index (χ4v) is 1.82. The molecular weight excluding hydrogens is 202 g/mol. The molecule has 1 unspecified atom stereocenters. The molecule has 0 saturated carbocycles. The second-order valence-corrected chi connectivity index (χ2v) is 3.70. The maximum Gasteiger partial charge on any atom is 0.209 e. The van der Waals surface area contributed by atoms with E-state index in [9.17, 15) is 0 Å². The predicted molar refractivity (Wildman–Crippen MR) is 54.0 cm³/mol. The van der Waals surface area contributed by atoms with Crippen molar-refractivity contribution >= 4 is 11.8 Å². The van der Waals surface area contributed by atoms with E-state index in [4.69, 9.17) is 10.5 Å². The maximum atomic E-state index is 5.54. The van der Waals surface area contributed by atoms with Crippen LogP contribution in [0.3, 0.4) is 0 Å². The monoisotopic (exact) mass is 217 g/mol. The fraction of sp³-hybridized carbons (Fsp3) is 0.857. The van der Waals surface area contributed by atoms with Crippen molar-refractivity contribution in [3.8, 4) is 0 Å². The number of tetrazole rings is 1. The van der Waals surface area contributed by atoms with Gasteiger partial charge in [-0.05, 0) is 17.4 Å². The van der Waals surface area contributed by atoms with Crippen molar-refractivity contribution in [2.75, 3.05) is 18.9 Å². The second kappa shape index (κ2) is 5.94. The van der Waals surface area contributed by atoms with Crippen LogP contribution in [0.25, 0.3) is 0 Å². The van der Waals surface area contributed by atoms with Crippen LogP contribution < -0.4 is 5.73 Å². The van der Waals surface area contributed by atoms with E-state index < -0.39 is 0 Å². The Morgan fingerprint density at radius 1 is 1.64 bits per heavy atom. The van der Waals surface area contributed by atoms with Gasteiger partial charge in [-0.2, -0.15) is 0 Å². The van der Waals surface area contributed by atoms with Crippen molar-refractivity contribution in [3.63, 3.8) is 0 Å². The molecule has 1 atom stereocenters. The quantitative estimate of drug-likeness (QED) is 0.657. The van der Waals surface area contributed by atoms with Gasteiger partial charge in [-0.1, -0.05) is 11.8 Å². The van der Waals surface area contributed by atoms with Crippen LogP contribution in [0.15, 0.2) is 5.16 Å². The summed E-state index contributed by atoms with van der Waals surface area (Å²) in [6, 6.07) is 0. The lowest BCUT2D eigenvalue weighted by atomic mass is 10.4. The molecule has 0 radical (unpaired) electrons. The highest BCUT2D eigenvalue weighted by Crippen LogP contribution is 2.14. The van der Waals surface area contributed by atoms with Gasteiger partial charge in [-0.25, -0.2) is 4.68 Å². The molecule has 0 aromatic carbocycles. The van der Waals surface area contributed by atoms with Crippen LogP contribution in [0.4, 0.5) is 0 Å². The van der Waals surface area contributed by atoms with Crippen LogP contribution in [0.2, 0.25) is 0 Å². The Bertz CT molecular complexity index is 266. The van der Waals surface area contributed by atoms with E-state index in [0.717, 1.165) is 10.9 Å². The van der Waals surface area contributed by atoms with Crippen molar-refractivity contribution in [1.29, 1.82) is 0 Å². The van der Waals surface area contributed by atoms with Gasteiger partial charge in [0.25, 0.3) is 0 Å². The first kappa shape index (κ1) is 11.4. The Labute approximate surface area is 87.2 Å². The number of aryl methyl sites for hydroxylation is 1. The van der Waals surface area contributed by atoms with E-state index in [1.165, 1.54) is 0 Å². The molecule has 0 spiro atoms. The predicted octanol–water partition coefficient (Wildman–Crippen LogP) is -0.334. The maximum absolute atomic E-state index is 5.54. The van der Waals surface area contributed by atoms with E-state index in [2.05, 4.69) is 15.5 Å². The average molecular weight is 217 g/mol. The van der Waals surface area contributed by atoms with Crippen molar-refractivity contribution < 1.29 is 4.74 Å². The smallest absolute Gasteiger partial charge is 0.209 e. The van der Waals surface area contributed by atoms with E-state index >= 15 is 0 Å². The molecule has 0 saturated heterocycles. The zero-order valence-electron chi connectivity index (χ0n) is 8.38. The van der Waals surface area contributed by atoms with Gasteiger partial charge in [-0.15, -0.1) is 5.10 Å². The SMILES string of the molecule is CCOC(CN)CSc1nnnn1C. The molecule has 0 amide bonds. The van der Waals surface area contributed by atoms with E-state index in [0.29, 0.717) is 13.2 Å². The molecule has 6 nitrogen and oxygen atoms in total. The largest absolute Gasteiger partial charge is 0.376 e. The summed E-state index contributed by atoms with van der Waals surface area (Å²) in [6.45, 7) is 3.16. The molecule has 0 aliphatic heterocycles. The van der Waals surface area contributed by atoms with Crippen molar-refractivity contribution in [3.05, 3.63) is 0 Å². The van der Waals surface area contributed by atoms with Crippen LogP contribution in [0.5, 0.6) is 0 Å². The molecule has 80 valence electrons. The summed E-state index contributed by atoms with van der Waals surface area (Å²) in [7, 11) is 1.81. The zero-order chi connectivity index (χ0) is 10.4. The molecule has 2 N–H and O–H groups in total. The van der Waals surface area contributed by atoms with Gasteiger partial charge in [-0.3, -0.25) is 0 Å². The number of thioether (sulfide) groups is 1. The molecule has 0 aliphatic carbocycles.